The maximum atomic E-state index is 11.2. The summed E-state index contributed by atoms with van der Waals surface area (Å²) >= 11 is 0. The van der Waals surface area contributed by atoms with Gasteiger partial charge in [0.1, 0.15) is 5.75 Å². The van der Waals surface area contributed by atoms with Crippen LogP contribution in [0.5, 0.6) is 11.6 Å². The molecule has 4 rings (SSSR count). The zero-order valence-electron chi connectivity index (χ0n) is 14.6. The van der Waals surface area contributed by atoms with Crippen molar-refractivity contribution >= 4 is 27.7 Å². The standard InChI is InChI=1S/C21H19N3O2/c1-13(23-14(2)25)15-3-6-20-16(11-15)4-8-21(24-20)26-18-5-7-19-17(12-18)9-10-22-19/h3-13,22H,1-2H3,(H,23,25). The lowest BCUT2D eigenvalue weighted by Gasteiger charge is -2.13. The minimum atomic E-state index is -0.0427. The van der Waals surface area contributed by atoms with Gasteiger partial charge < -0.3 is 15.0 Å². The second-order valence-electron chi connectivity index (χ2n) is 6.35. The number of carbonyl (C=O) groups is 1. The summed E-state index contributed by atoms with van der Waals surface area (Å²) in [4.78, 5) is 19.0. The molecule has 1 atom stereocenters. The Morgan fingerprint density at radius 3 is 2.81 bits per heavy atom. The molecule has 0 radical (unpaired) electrons. The highest BCUT2D eigenvalue weighted by Crippen LogP contribution is 2.26. The minimum Gasteiger partial charge on any atom is -0.439 e. The van der Waals surface area contributed by atoms with E-state index in [4.69, 9.17) is 4.74 Å². The summed E-state index contributed by atoms with van der Waals surface area (Å²) in [6.45, 7) is 3.48. The first-order valence-corrected chi connectivity index (χ1v) is 8.51. The zero-order valence-corrected chi connectivity index (χ0v) is 14.6. The van der Waals surface area contributed by atoms with E-state index in [1.165, 1.54) is 6.92 Å². The highest BCUT2D eigenvalue weighted by molar-refractivity contribution is 5.82. The van der Waals surface area contributed by atoms with Crippen molar-refractivity contribution in [3.8, 4) is 11.6 Å². The molecule has 0 aliphatic rings. The molecule has 5 heteroatoms. The SMILES string of the molecule is CC(=O)NC(C)c1ccc2nc(Oc3ccc4[nH]ccc4c3)ccc2c1. The van der Waals surface area contributed by atoms with Gasteiger partial charge in [0.15, 0.2) is 0 Å². The molecule has 5 nitrogen and oxygen atoms in total. The molecule has 4 aromatic rings. The average Bonchev–Trinajstić information content (AvgIpc) is 3.08. The van der Waals surface area contributed by atoms with Crippen LogP contribution in [-0.4, -0.2) is 15.9 Å². The molecular formula is C21H19N3O2. The Bertz CT molecular complexity index is 1100. The first-order chi connectivity index (χ1) is 12.6. The molecule has 130 valence electrons. The molecule has 2 heterocycles. The highest BCUT2D eigenvalue weighted by Gasteiger charge is 2.09. The number of carbonyl (C=O) groups excluding carboxylic acids is 1. The van der Waals surface area contributed by atoms with E-state index < -0.39 is 0 Å². The number of H-pyrrole nitrogens is 1. The van der Waals surface area contributed by atoms with E-state index in [1.807, 2.05) is 67.7 Å². The molecule has 2 N–H and O–H groups in total. The third-order valence-electron chi connectivity index (χ3n) is 4.35. The van der Waals surface area contributed by atoms with Crippen LogP contribution < -0.4 is 10.1 Å². The molecule has 0 fully saturated rings. The predicted molar refractivity (Wildman–Crippen MR) is 102 cm³/mol. The Balaban J connectivity index is 1.59. The third-order valence-corrected chi connectivity index (χ3v) is 4.35. The van der Waals surface area contributed by atoms with E-state index in [9.17, 15) is 4.79 Å². The maximum Gasteiger partial charge on any atom is 0.219 e. The van der Waals surface area contributed by atoms with Gasteiger partial charge in [0.05, 0.1) is 11.6 Å². The van der Waals surface area contributed by atoms with Crippen LogP contribution in [0.3, 0.4) is 0 Å². The number of nitrogens with zero attached hydrogens (tertiary/aromatic N) is 1. The second-order valence-corrected chi connectivity index (χ2v) is 6.35. The monoisotopic (exact) mass is 345 g/mol. The number of aromatic amines is 1. The van der Waals surface area contributed by atoms with Crippen molar-refractivity contribution in [3.63, 3.8) is 0 Å². The number of fused-ring (bicyclic) bond motifs is 2. The largest absolute Gasteiger partial charge is 0.439 e. The van der Waals surface area contributed by atoms with E-state index >= 15 is 0 Å². The molecule has 0 saturated carbocycles. The van der Waals surface area contributed by atoms with E-state index in [2.05, 4.69) is 15.3 Å². The van der Waals surface area contributed by atoms with E-state index in [1.54, 1.807) is 0 Å². The normalized spacial score (nSPS) is 12.2. The van der Waals surface area contributed by atoms with Gasteiger partial charge >= 0.3 is 0 Å². The van der Waals surface area contributed by atoms with E-state index in [0.717, 1.165) is 33.1 Å². The quantitative estimate of drug-likeness (QED) is 0.563. The van der Waals surface area contributed by atoms with Crippen LogP contribution in [0.1, 0.15) is 25.5 Å². The number of hydrogen-bond acceptors (Lipinski definition) is 3. The lowest BCUT2D eigenvalue weighted by molar-refractivity contribution is -0.119. The van der Waals surface area contributed by atoms with Crippen molar-refractivity contribution in [3.05, 3.63) is 66.4 Å². The van der Waals surface area contributed by atoms with Gasteiger partial charge in [0.2, 0.25) is 11.8 Å². The average molecular weight is 345 g/mol. The van der Waals surface area contributed by atoms with Crippen molar-refractivity contribution in [2.24, 2.45) is 0 Å². The van der Waals surface area contributed by atoms with Crippen LogP contribution >= 0.6 is 0 Å². The molecular weight excluding hydrogens is 326 g/mol. The molecule has 1 unspecified atom stereocenters. The van der Waals surface area contributed by atoms with Crippen LogP contribution in [0.25, 0.3) is 21.8 Å². The second kappa shape index (κ2) is 6.52. The maximum absolute atomic E-state index is 11.2. The fourth-order valence-corrected chi connectivity index (χ4v) is 3.06. The summed E-state index contributed by atoms with van der Waals surface area (Å²) in [5.74, 6) is 1.26. The molecule has 0 spiro atoms. The van der Waals surface area contributed by atoms with Crippen molar-refractivity contribution < 1.29 is 9.53 Å². The Labute approximate surface area is 151 Å². The van der Waals surface area contributed by atoms with Gasteiger partial charge in [-0.05, 0) is 55.0 Å². The summed E-state index contributed by atoms with van der Waals surface area (Å²) in [5.41, 5.74) is 2.97. The topological polar surface area (TPSA) is 67.0 Å². The lowest BCUT2D eigenvalue weighted by atomic mass is 10.1. The van der Waals surface area contributed by atoms with Crippen molar-refractivity contribution in [2.75, 3.05) is 0 Å². The van der Waals surface area contributed by atoms with Gasteiger partial charge in [0, 0.05) is 35.5 Å². The van der Waals surface area contributed by atoms with Gasteiger partial charge in [-0.1, -0.05) is 6.07 Å². The molecule has 1 amide bonds. The van der Waals surface area contributed by atoms with E-state index in [0.29, 0.717) is 5.88 Å². The fraction of sp³-hybridized carbons (Fsp3) is 0.143. The number of amides is 1. The Kier molecular flexibility index (Phi) is 4.05. The Morgan fingerprint density at radius 1 is 1.08 bits per heavy atom. The van der Waals surface area contributed by atoms with Crippen LogP contribution in [0.2, 0.25) is 0 Å². The summed E-state index contributed by atoms with van der Waals surface area (Å²) in [6, 6.07) is 17.7. The number of ether oxygens (including phenoxy) is 1. The molecule has 0 aliphatic heterocycles. The van der Waals surface area contributed by atoms with Gasteiger partial charge in [-0.2, -0.15) is 0 Å². The van der Waals surface area contributed by atoms with Gasteiger partial charge in [-0.25, -0.2) is 4.98 Å². The molecule has 0 aliphatic carbocycles. The van der Waals surface area contributed by atoms with Gasteiger partial charge in [-0.3, -0.25) is 4.79 Å². The smallest absolute Gasteiger partial charge is 0.219 e. The summed E-state index contributed by atoms with van der Waals surface area (Å²) < 4.78 is 5.91. The molecule has 2 aromatic heterocycles. The Morgan fingerprint density at radius 2 is 1.96 bits per heavy atom. The molecule has 2 aromatic carbocycles. The van der Waals surface area contributed by atoms with Gasteiger partial charge in [0.25, 0.3) is 0 Å². The first kappa shape index (κ1) is 16.1. The fourth-order valence-electron chi connectivity index (χ4n) is 3.06. The number of aromatic nitrogens is 2. The molecule has 26 heavy (non-hydrogen) atoms. The zero-order chi connectivity index (χ0) is 18.1. The number of pyridine rings is 1. The summed E-state index contributed by atoms with van der Waals surface area (Å²) in [5, 5.41) is 5.00. The molecule has 0 saturated heterocycles. The third kappa shape index (κ3) is 3.24. The van der Waals surface area contributed by atoms with Crippen LogP contribution in [0.15, 0.2) is 60.8 Å². The van der Waals surface area contributed by atoms with Crippen LogP contribution in [-0.2, 0) is 4.79 Å². The van der Waals surface area contributed by atoms with E-state index in [-0.39, 0.29) is 11.9 Å². The van der Waals surface area contributed by atoms with Crippen molar-refractivity contribution in [1.29, 1.82) is 0 Å². The van der Waals surface area contributed by atoms with Gasteiger partial charge in [-0.15, -0.1) is 0 Å². The lowest BCUT2D eigenvalue weighted by Crippen LogP contribution is -2.23. The highest BCUT2D eigenvalue weighted by atomic mass is 16.5. The number of nitrogens with one attached hydrogen (secondary N) is 2. The molecule has 0 bridgehead atoms. The number of rotatable bonds is 4. The number of benzene rings is 2. The summed E-state index contributed by atoms with van der Waals surface area (Å²) in [6.07, 6.45) is 1.91. The Hall–Kier alpha value is -3.34. The first-order valence-electron chi connectivity index (χ1n) is 8.51. The minimum absolute atomic E-state index is 0.0408. The summed E-state index contributed by atoms with van der Waals surface area (Å²) in [7, 11) is 0. The predicted octanol–water partition coefficient (Wildman–Crippen LogP) is 4.71. The van der Waals surface area contributed by atoms with Crippen molar-refractivity contribution in [1.82, 2.24) is 15.3 Å². The van der Waals surface area contributed by atoms with Crippen LogP contribution in [0, 0.1) is 0 Å². The van der Waals surface area contributed by atoms with Crippen LogP contribution in [0.4, 0.5) is 0 Å². The van der Waals surface area contributed by atoms with Crippen molar-refractivity contribution in [2.45, 2.75) is 19.9 Å². The number of hydrogen-bond donors (Lipinski definition) is 2.